The van der Waals surface area contributed by atoms with Crippen LogP contribution in [0.1, 0.15) is 75.4 Å². The minimum absolute atomic E-state index is 0.00438. The molecule has 1 fully saturated rings. The lowest BCUT2D eigenvalue weighted by Gasteiger charge is -2.49. The minimum atomic E-state index is -2.65. The average Bonchev–Trinajstić information content (AvgIpc) is 3.41. The molecule has 1 saturated carbocycles. The van der Waals surface area contributed by atoms with Gasteiger partial charge in [-0.3, -0.25) is 14.5 Å². The molecule has 236 valence electrons. The van der Waals surface area contributed by atoms with Crippen LogP contribution < -0.4 is 4.74 Å². The third-order valence-electron chi connectivity index (χ3n) is 8.99. The molecule has 45 heavy (non-hydrogen) atoms. The molecular weight excluding hydrogens is 587 g/mol. The number of phenolic OH excluding ortho intramolecular Hbond substituents is 1. The smallest absolute Gasteiger partial charge is 0.344 e. The van der Waals surface area contributed by atoms with Crippen molar-refractivity contribution in [2.45, 2.75) is 50.9 Å². The summed E-state index contributed by atoms with van der Waals surface area (Å²) in [5.41, 5.74) is -3.24. The second-order valence-electron chi connectivity index (χ2n) is 11.9. The van der Waals surface area contributed by atoms with E-state index in [1.165, 1.54) is 0 Å². The van der Waals surface area contributed by atoms with Gasteiger partial charge in [0.25, 0.3) is 5.88 Å². The number of fused-ring (bicyclic) bond motifs is 4. The maximum absolute atomic E-state index is 15.2. The zero-order chi connectivity index (χ0) is 32.2. The molecule has 4 atom stereocenters. The van der Waals surface area contributed by atoms with Gasteiger partial charge in [0.2, 0.25) is 11.6 Å². The number of benzene rings is 2. The van der Waals surface area contributed by atoms with Crippen LogP contribution in [-0.2, 0) is 22.6 Å². The number of carbonyl (C=O) groups excluding carboxylic acids is 3. The maximum atomic E-state index is 15.2. The van der Waals surface area contributed by atoms with Crippen LogP contribution in [0.15, 0.2) is 46.5 Å². The summed E-state index contributed by atoms with van der Waals surface area (Å²) in [5.74, 6) is -7.61. The Labute approximate surface area is 257 Å². The normalized spacial score (nSPS) is 23.7. The quantitative estimate of drug-likeness (QED) is 0.187. The van der Waals surface area contributed by atoms with Crippen LogP contribution in [0.4, 0.5) is 4.39 Å². The fourth-order valence-corrected chi connectivity index (χ4v) is 6.85. The molecule has 3 aliphatic rings. The fraction of sp³-hybridized carbons (Fsp3) is 0.394. The molecule has 0 spiro atoms. The third-order valence-corrected chi connectivity index (χ3v) is 8.99. The van der Waals surface area contributed by atoms with Crippen molar-refractivity contribution in [1.82, 2.24) is 10.1 Å². The number of ketones is 2. The number of rotatable bonds is 8. The first kappa shape index (κ1) is 30.5. The van der Waals surface area contributed by atoms with Crippen molar-refractivity contribution in [3.8, 4) is 11.6 Å². The first-order chi connectivity index (χ1) is 21.5. The predicted octanol–water partition coefficient (Wildman–Crippen LogP) is 4.32. The Morgan fingerprint density at radius 2 is 1.89 bits per heavy atom. The standard InChI is InChI=1S/C33H33FN2O9/c1-4-5-11-43-32(41)23-20(34)14-18-12-17-13-19-25(36(2)3)28-24(31(35-45-28)44-15-16-9-7-6-8-10-16)30(40)33(19,42)29(39)22(17)26(37)21(18)27(23)38/h6-10,14,17,19,25,37-38,42H,4-5,11-13,15H2,1-3H3/t17-,19-,25-,33-/m0/s1. The van der Waals surface area contributed by atoms with E-state index in [9.17, 15) is 29.7 Å². The number of Topliss-reactive ketones (excluding diaryl/α,β-unsaturated/α-hetero) is 2. The van der Waals surface area contributed by atoms with Crippen LogP contribution in [0, 0.1) is 17.7 Å². The summed E-state index contributed by atoms with van der Waals surface area (Å²) < 4.78 is 31.7. The number of hydrogen-bond acceptors (Lipinski definition) is 11. The fourth-order valence-electron chi connectivity index (χ4n) is 6.85. The molecule has 3 N–H and O–H groups in total. The number of phenols is 1. The second kappa shape index (κ2) is 11.4. The number of ether oxygens (including phenoxy) is 2. The van der Waals surface area contributed by atoms with E-state index in [1.807, 2.05) is 37.3 Å². The van der Waals surface area contributed by atoms with E-state index in [4.69, 9.17) is 14.0 Å². The number of aliphatic hydroxyl groups is 2. The van der Waals surface area contributed by atoms with Crippen LogP contribution in [0.3, 0.4) is 0 Å². The molecule has 0 aliphatic heterocycles. The van der Waals surface area contributed by atoms with Crippen molar-refractivity contribution in [3.05, 3.63) is 81.4 Å². The summed E-state index contributed by atoms with van der Waals surface area (Å²) in [6, 6.07) is 9.36. The molecule has 0 saturated heterocycles. The van der Waals surface area contributed by atoms with Gasteiger partial charge >= 0.3 is 5.97 Å². The summed E-state index contributed by atoms with van der Waals surface area (Å²) in [5, 5.41) is 38.6. The van der Waals surface area contributed by atoms with Gasteiger partial charge in [-0.05, 0) is 61.6 Å². The molecule has 1 heterocycles. The zero-order valence-corrected chi connectivity index (χ0v) is 25.0. The van der Waals surface area contributed by atoms with E-state index in [2.05, 4.69) is 5.16 Å². The minimum Gasteiger partial charge on any atom is -0.507 e. The van der Waals surface area contributed by atoms with Gasteiger partial charge in [-0.15, -0.1) is 0 Å². The van der Waals surface area contributed by atoms with Crippen molar-refractivity contribution < 1.29 is 48.1 Å². The monoisotopic (exact) mass is 620 g/mol. The SMILES string of the molecule is CCCCOC(=O)c1c(F)cc2c(c1O)C(O)=C1C(=O)[C@]3(O)C(=O)c4c(OCc5ccccc5)noc4[C@@H](N(C)C)[C@@H]3C[C@@H]1C2. The molecule has 0 amide bonds. The molecule has 3 aliphatic carbocycles. The molecule has 3 aromatic rings. The van der Waals surface area contributed by atoms with E-state index in [-0.39, 0.29) is 60.0 Å². The largest absolute Gasteiger partial charge is 0.507 e. The van der Waals surface area contributed by atoms with E-state index in [0.717, 1.165) is 18.1 Å². The first-order valence-electron chi connectivity index (χ1n) is 14.8. The molecule has 11 nitrogen and oxygen atoms in total. The number of halogens is 1. The van der Waals surface area contributed by atoms with Gasteiger partial charge in [0, 0.05) is 11.5 Å². The number of unbranched alkanes of at least 4 members (excludes halogenated alkanes) is 1. The van der Waals surface area contributed by atoms with Crippen LogP contribution in [-0.4, -0.2) is 69.2 Å². The Morgan fingerprint density at radius 1 is 1.16 bits per heavy atom. The van der Waals surface area contributed by atoms with Crippen molar-refractivity contribution in [1.29, 1.82) is 0 Å². The number of hydrogen-bond donors (Lipinski definition) is 3. The molecule has 1 aromatic heterocycles. The Morgan fingerprint density at radius 3 is 2.58 bits per heavy atom. The van der Waals surface area contributed by atoms with Crippen molar-refractivity contribution >= 4 is 23.3 Å². The van der Waals surface area contributed by atoms with Crippen molar-refractivity contribution in [2.75, 3.05) is 20.7 Å². The molecular formula is C33H33FN2O9. The number of aromatic hydroxyl groups is 1. The van der Waals surface area contributed by atoms with Crippen molar-refractivity contribution in [3.63, 3.8) is 0 Å². The highest BCUT2D eigenvalue weighted by molar-refractivity contribution is 6.26. The number of aliphatic hydroxyl groups excluding tert-OH is 1. The lowest BCUT2D eigenvalue weighted by Crippen LogP contribution is -2.63. The third kappa shape index (κ3) is 4.70. The molecule has 0 radical (unpaired) electrons. The summed E-state index contributed by atoms with van der Waals surface area (Å²) in [4.78, 5) is 42.7. The Kier molecular flexibility index (Phi) is 7.74. The van der Waals surface area contributed by atoms with E-state index in [0.29, 0.717) is 6.42 Å². The van der Waals surface area contributed by atoms with Gasteiger partial charge in [0.15, 0.2) is 11.4 Å². The highest BCUT2D eigenvalue weighted by atomic mass is 19.1. The number of esters is 1. The summed E-state index contributed by atoms with van der Waals surface area (Å²) in [6.07, 6.45) is 1.26. The van der Waals surface area contributed by atoms with E-state index >= 15 is 4.39 Å². The van der Waals surface area contributed by atoms with Gasteiger partial charge in [0.05, 0.1) is 18.2 Å². The summed E-state index contributed by atoms with van der Waals surface area (Å²) in [7, 11) is 3.41. The molecule has 2 aromatic carbocycles. The summed E-state index contributed by atoms with van der Waals surface area (Å²) in [6.45, 7) is 1.93. The maximum Gasteiger partial charge on any atom is 0.344 e. The lowest BCUT2D eigenvalue weighted by molar-refractivity contribution is -0.142. The molecule has 0 bridgehead atoms. The van der Waals surface area contributed by atoms with E-state index < -0.39 is 63.9 Å². The lowest BCUT2D eigenvalue weighted by atomic mass is 9.57. The second-order valence-corrected chi connectivity index (χ2v) is 11.9. The number of carbonyl (C=O) groups is 3. The highest BCUT2D eigenvalue weighted by Crippen LogP contribution is 2.56. The summed E-state index contributed by atoms with van der Waals surface area (Å²) >= 11 is 0. The van der Waals surface area contributed by atoms with Gasteiger partial charge in [-0.1, -0.05) is 43.7 Å². The Bertz CT molecular complexity index is 1730. The Balaban J connectivity index is 1.42. The van der Waals surface area contributed by atoms with Gasteiger partial charge in [0.1, 0.15) is 35.1 Å². The highest BCUT2D eigenvalue weighted by Gasteiger charge is 2.65. The van der Waals surface area contributed by atoms with Gasteiger partial charge in [-0.25, -0.2) is 9.18 Å². The molecule has 6 rings (SSSR count). The van der Waals surface area contributed by atoms with Crippen LogP contribution in [0.2, 0.25) is 0 Å². The average molecular weight is 621 g/mol. The molecule has 0 unspecified atom stereocenters. The van der Waals surface area contributed by atoms with Crippen LogP contribution in [0.25, 0.3) is 5.76 Å². The number of nitrogens with zero attached hydrogens (tertiary/aromatic N) is 2. The Hall–Kier alpha value is -4.55. The van der Waals surface area contributed by atoms with Crippen LogP contribution in [0.5, 0.6) is 11.6 Å². The van der Waals surface area contributed by atoms with Crippen molar-refractivity contribution in [2.24, 2.45) is 11.8 Å². The zero-order valence-electron chi connectivity index (χ0n) is 25.0. The first-order valence-corrected chi connectivity index (χ1v) is 14.8. The van der Waals surface area contributed by atoms with Gasteiger partial charge in [-0.2, -0.15) is 0 Å². The van der Waals surface area contributed by atoms with Crippen LogP contribution >= 0.6 is 0 Å². The number of aromatic nitrogens is 1. The predicted molar refractivity (Wildman–Crippen MR) is 156 cm³/mol. The topological polar surface area (TPSA) is 160 Å². The van der Waals surface area contributed by atoms with E-state index in [1.54, 1.807) is 19.0 Å². The van der Waals surface area contributed by atoms with Gasteiger partial charge < -0.3 is 29.3 Å². The molecule has 12 heteroatoms.